The zero-order valence-corrected chi connectivity index (χ0v) is 14.2. The number of amides is 1. The van der Waals surface area contributed by atoms with Crippen molar-refractivity contribution in [1.82, 2.24) is 19.9 Å². The normalized spacial score (nSPS) is 17.8. The second-order valence-corrected chi connectivity index (χ2v) is 6.15. The van der Waals surface area contributed by atoms with E-state index in [-0.39, 0.29) is 11.9 Å². The Morgan fingerprint density at radius 1 is 1.44 bits per heavy atom. The van der Waals surface area contributed by atoms with Crippen LogP contribution in [0.25, 0.3) is 10.9 Å². The number of rotatable bonds is 3. The minimum Gasteiger partial charge on any atom is -0.497 e. The summed E-state index contributed by atoms with van der Waals surface area (Å²) in [5.74, 6) is 1.44. The molecule has 0 spiro atoms. The van der Waals surface area contributed by atoms with Crippen molar-refractivity contribution in [2.45, 2.75) is 13.0 Å². The number of H-pyrrole nitrogens is 2. The lowest BCUT2D eigenvalue weighted by atomic mass is 10.1. The number of aromatic nitrogens is 3. The molecule has 1 aliphatic rings. The second-order valence-electron chi connectivity index (χ2n) is 6.15. The van der Waals surface area contributed by atoms with Crippen LogP contribution in [0.2, 0.25) is 0 Å². The van der Waals surface area contributed by atoms with E-state index >= 15 is 0 Å². The summed E-state index contributed by atoms with van der Waals surface area (Å²) in [5.41, 5.74) is 2.50. The number of hydrogen-bond donors (Lipinski definition) is 2. The Morgan fingerprint density at radius 2 is 2.32 bits per heavy atom. The Morgan fingerprint density at radius 3 is 3.08 bits per heavy atom. The molecule has 3 heterocycles. The summed E-state index contributed by atoms with van der Waals surface area (Å²) in [6.45, 7) is 3.43. The second kappa shape index (κ2) is 6.25. The van der Waals surface area contributed by atoms with Gasteiger partial charge >= 0.3 is 0 Å². The van der Waals surface area contributed by atoms with Crippen LogP contribution in [0.4, 0.5) is 0 Å². The van der Waals surface area contributed by atoms with Gasteiger partial charge in [0.1, 0.15) is 17.6 Å². The van der Waals surface area contributed by atoms with E-state index in [1.54, 1.807) is 19.5 Å². The van der Waals surface area contributed by atoms with Gasteiger partial charge in [0.25, 0.3) is 5.91 Å². The third-order valence-corrected chi connectivity index (χ3v) is 4.55. The van der Waals surface area contributed by atoms with E-state index < -0.39 is 0 Å². The van der Waals surface area contributed by atoms with Crippen LogP contribution >= 0.6 is 0 Å². The molecule has 0 radical (unpaired) electrons. The minimum absolute atomic E-state index is 0.0399. The molecule has 1 aromatic carbocycles. The Balaban J connectivity index is 1.71. The van der Waals surface area contributed by atoms with Crippen LogP contribution in [0.1, 0.15) is 27.9 Å². The van der Waals surface area contributed by atoms with Gasteiger partial charge in [-0.2, -0.15) is 0 Å². The molecule has 2 N–H and O–H groups in total. The maximum absolute atomic E-state index is 13.2. The van der Waals surface area contributed by atoms with Crippen molar-refractivity contribution in [3.63, 3.8) is 0 Å². The smallest absolute Gasteiger partial charge is 0.256 e. The van der Waals surface area contributed by atoms with Crippen molar-refractivity contribution in [3.8, 4) is 5.75 Å². The molecule has 1 unspecified atom stereocenters. The lowest BCUT2D eigenvalue weighted by Crippen LogP contribution is -2.43. The molecule has 25 heavy (non-hydrogen) atoms. The van der Waals surface area contributed by atoms with Crippen molar-refractivity contribution < 1.29 is 14.3 Å². The van der Waals surface area contributed by atoms with Crippen LogP contribution in [0.15, 0.2) is 30.6 Å². The van der Waals surface area contributed by atoms with Crippen LogP contribution in [0.5, 0.6) is 5.75 Å². The molecule has 0 saturated carbocycles. The summed E-state index contributed by atoms with van der Waals surface area (Å²) in [6.07, 6.45) is 3.52. The fourth-order valence-electron chi connectivity index (χ4n) is 3.23. The standard InChI is InChI=1S/C18H20N4O3/c1-11-8-20-17(21-11)16-10-25-6-5-22(16)18(23)14-9-19-15-4-3-12(24-2)7-13(14)15/h3-4,7-9,16,19H,5-6,10H2,1-2H3,(H,20,21). The van der Waals surface area contributed by atoms with Gasteiger partial charge in [-0.25, -0.2) is 4.98 Å². The average molecular weight is 340 g/mol. The number of imidazole rings is 1. The number of hydrogen-bond acceptors (Lipinski definition) is 4. The highest BCUT2D eigenvalue weighted by Gasteiger charge is 2.32. The van der Waals surface area contributed by atoms with Crippen molar-refractivity contribution in [2.75, 3.05) is 26.9 Å². The Hall–Kier alpha value is -2.80. The highest BCUT2D eigenvalue weighted by atomic mass is 16.5. The van der Waals surface area contributed by atoms with E-state index in [9.17, 15) is 4.79 Å². The summed E-state index contributed by atoms with van der Waals surface area (Å²) in [4.78, 5) is 25.8. The number of aromatic amines is 2. The molecule has 3 aromatic rings. The van der Waals surface area contributed by atoms with Crippen LogP contribution < -0.4 is 4.74 Å². The summed E-state index contributed by atoms with van der Waals surface area (Å²) in [5, 5.41) is 0.852. The number of benzene rings is 1. The van der Waals surface area contributed by atoms with Gasteiger partial charge in [-0.3, -0.25) is 4.79 Å². The number of methoxy groups -OCH3 is 1. The number of carbonyl (C=O) groups excluding carboxylic acids is 1. The molecule has 1 fully saturated rings. The van der Waals surface area contributed by atoms with Crippen LogP contribution in [-0.2, 0) is 4.74 Å². The zero-order valence-electron chi connectivity index (χ0n) is 14.2. The fourth-order valence-corrected chi connectivity index (χ4v) is 3.23. The lowest BCUT2D eigenvalue weighted by Gasteiger charge is -2.34. The first-order valence-corrected chi connectivity index (χ1v) is 8.22. The van der Waals surface area contributed by atoms with E-state index in [1.165, 1.54) is 0 Å². The lowest BCUT2D eigenvalue weighted by molar-refractivity contribution is -0.00490. The average Bonchev–Trinajstić information content (AvgIpc) is 3.26. The summed E-state index contributed by atoms with van der Waals surface area (Å²) in [7, 11) is 1.62. The summed E-state index contributed by atoms with van der Waals surface area (Å²) >= 11 is 0. The van der Waals surface area contributed by atoms with Gasteiger partial charge < -0.3 is 24.3 Å². The van der Waals surface area contributed by atoms with Crippen molar-refractivity contribution in [1.29, 1.82) is 0 Å². The first-order chi connectivity index (χ1) is 12.2. The molecular formula is C18H20N4O3. The van der Waals surface area contributed by atoms with Crippen molar-refractivity contribution in [3.05, 3.63) is 47.7 Å². The van der Waals surface area contributed by atoms with Crippen LogP contribution in [-0.4, -0.2) is 52.6 Å². The molecule has 0 aliphatic carbocycles. The predicted molar refractivity (Wildman–Crippen MR) is 92.8 cm³/mol. The molecule has 1 saturated heterocycles. The molecule has 7 nitrogen and oxygen atoms in total. The number of nitrogens with zero attached hydrogens (tertiary/aromatic N) is 2. The molecule has 130 valence electrons. The summed E-state index contributed by atoms with van der Waals surface area (Å²) in [6, 6.07) is 5.45. The number of ether oxygens (including phenoxy) is 2. The SMILES string of the molecule is COc1ccc2[nH]cc(C(=O)N3CCOCC3c3ncc(C)[nH]3)c2c1. The minimum atomic E-state index is -0.217. The van der Waals surface area contributed by atoms with Gasteiger partial charge in [0.15, 0.2) is 0 Å². The zero-order chi connectivity index (χ0) is 17.4. The summed E-state index contributed by atoms with van der Waals surface area (Å²) < 4.78 is 10.9. The quantitative estimate of drug-likeness (QED) is 0.767. The van der Waals surface area contributed by atoms with Gasteiger partial charge in [-0.15, -0.1) is 0 Å². The molecule has 4 rings (SSSR count). The highest BCUT2D eigenvalue weighted by molar-refractivity contribution is 6.07. The third-order valence-electron chi connectivity index (χ3n) is 4.55. The van der Waals surface area contributed by atoms with E-state index in [0.29, 0.717) is 25.3 Å². The number of carbonyl (C=O) groups is 1. The molecule has 2 aromatic heterocycles. The van der Waals surface area contributed by atoms with E-state index in [4.69, 9.17) is 9.47 Å². The number of fused-ring (bicyclic) bond motifs is 1. The van der Waals surface area contributed by atoms with Crippen molar-refractivity contribution >= 4 is 16.8 Å². The monoisotopic (exact) mass is 340 g/mol. The number of nitrogens with one attached hydrogen (secondary N) is 2. The largest absolute Gasteiger partial charge is 0.497 e. The molecular weight excluding hydrogens is 320 g/mol. The molecule has 1 amide bonds. The van der Waals surface area contributed by atoms with Crippen LogP contribution in [0, 0.1) is 6.92 Å². The first-order valence-electron chi connectivity index (χ1n) is 8.22. The number of morpholine rings is 1. The maximum atomic E-state index is 13.2. The van der Waals surface area contributed by atoms with Crippen molar-refractivity contribution in [2.24, 2.45) is 0 Å². The first kappa shape index (κ1) is 15.7. The van der Waals surface area contributed by atoms with Gasteiger partial charge in [0.05, 0.1) is 25.9 Å². The van der Waals surface area contributed by atoms with Gasteiger partial charge in [-0.1, -0.05) is 0 Å². The van der Waals surface area contributed by atoms with Gasteiger partial charge in [-0.05, 0) is 25.1 Å². The predicted octanol–water partition coefficient (Wildman–Crippen LogP) is 2.42. The van der Waals surface area contributed by atoms with Crippen LogP contribution in [0.3, 0.4) is 0 Å². The molecule has 0 bridgehead atoms. The molecule has 7 heteroatoms. The van der Waals surface area contributed by atoms with E-state index in [2.05, 4.69) is 15.0 Å². The highest BCUT2D eigenvalue weighted by Crippen LogP contribution is 2.28. The third kappa shape index (κ3) is 2.76. The van der Waals surface area contributed by atoms with Gasteiger partial charge in [0, 0.05) is 35.5 Å². The Labute approximate surface area is 145 Å². The molecule has 1 aliphatic heterocycles. The number of aryl methyl sites for hydroxylation is 1. The fraction of sp³-hybridized carbons (Fsp3) is 0.333. The van der Waals surface area contributed by atoms with Gasteiger partial charge in [0.2, 0.25) is 0 Å². The van der Waals surface area contributed by atoms with E-state index in [1.807, 2.05) is 30.0 Å². The Kier molecular flexibility index (Phi) is 3.93. The molecule has 1 atom stereocenters. The maximum Gasteiger partial charge on any atom is 0.256 e. The van der Waals surface area contributed by atoms with E-state index in [0.717, 1.165) is 28.2 Å². The Bertz CT molecular complexity index is 914. The topological polar surface area (TPSA) is 83.2 Å².